The summed E-state index contributed by atoms with van der Waals surface area (Å²) >= 11 is 0. The maximum atomic E-state index is 12.6. The van der Waals surface area contributed by atoms with Crippen LogP contribution in [0.2, 0.25) is 0 Å². The number of hydrogen-bond acceptors (Lipinski definition) is 5. The minimum atomic E-state index is -1.13. The fourth-order valence-corrected chi connectivity index (χ4v) is 5.34. The average Bonchev–Trinajstić information content (AvgIpc) is 3.06. The van der Waals surface area contributed by atoms with Gasteiger partial charge < -0.3 is 14.6 Å². The number of fused-ring (bicyclic) bond motifs is 2. The molecule has 1 aromatic carbocycles. The summed E-state index contributed by atoms with van der Waals surface area (Å²) in [6.07, 6.45) is 3.21. The molecule has 2 aliphatic carbocycles. The molecule has 2 bridgehead atoms. The molecule has 120 valence electrons. The number of likely N-dealkylation sites (tertiary alicyclic amines) is 1. The summed E-state index contributed by atoms with van der Waals surface area (Å²) in [5.74, 6) is 1.19. The first-order chi connectivity index (χ1) is 11.0. The molecule has 5 rings (SSSR count). The van der Waals surface area contributed by atoms with Gasteiger partial charge in [0.2, 0.25) is 0 Å². The van der Waals surface area contributed by atoms with E-state index in [2.05, 4.69) is 11.0 Å². The predicted molar refractivity (Wildman–Crippen MR) is 82.8 cm³/mol. The topological polar surface area (TPSA) is 59.0 Å². The number of hydrogen-bond donors (Lipinski definition) is 1. The molecule has 0 radical (unpaired) electrons. The van der Waals surface area contributed by atoms with Crippen molar-refractivity contribution >= 4 is 5.78 Å². The van der Waals surface area contributed by atoms with Crippen molar-refractivity contribution in [2.75, 3.05) is 14.2 Å². The van der Waals surface area contributed by atoms with Crippen LogP contribution in [-0.2, 0) is 10.2 Å². The van der Waals surface area contributed by atoms with Gasteiger partial charge in [0.1, 0.15) is 5.60 Å². The van der Waals surface area contributed by atoms with Gasteiger partial charge in [0.25, 0.3) is 0 Å². The molecule has 0 saturated carbocycles. The largest absolute Gasteiger partial charge is 0.493 e. The average molecular weight is 313 g/mol. The highest BCUT2D eigenvalue weighted by Gasteiger charge is 2.73. The minimum absolute atomic E-state index is 0.0729. The van der Waals surface area contributed by atoms with Crippen LogP contribution < -0.4 is 9.47 Å². The van der Waals surface area contributed by atoms with Crippen LogP contribution in [0.25, 0.3) is 0 Å². The highest BCUT2D eigenvalue weighted by molar-refractivity contribution is 5.99. The van der Waals surface area contributed by atoms with E-state index < -0.39 is 17.1 Å². The Balaban J connectivity index is 1.91. The molecule has 5 nitrogen and oxygen atoms in total. The number of carbonyl (C=O) groups is 1. The van der Waals surface area contributed by atoms with Crippen LogP contribution in [0.4, 0.5) is 0 Å². The molecule has 1 N–H and O–H groups in total. The molecular formula is C18H19NO4. The molecule has 1 aromatic rings. The predicted octanol–water partition coefficient (Wildman–Crippen LogP) is 1.34. The Kier molecular flexibility index (Phi) is 2.24. The summed E-state index contributed by atoms with van der Waals surface area (Å²) in [5, 5.41) is 11.6. The van der Waals surface area contributed by atoms with E-state index in [1.807, 2.05) is 20.0 Å². The van der Waals surface area contributed by atoms with E-state index in [4.69, 9.17) is 9.47 Å². The fraction of sp³-hybridized carbons (Fsp3) is 0.500. The maximum Gasteiger partial charge on any atom is 0.196 e. The molecule has 5 heteroatoms. The second-order valence-corrected chi connectivity index (χ2v) is 7.15. The van der Waals surface area contributed by atoms with Gasteiger partial charge in [-0.05, 0) is 44.2 Å². The van der Waals surface area contributed by atoms with Crippen LogP contribution in [0.15, 0.2) is 24.3 Å². The number of aliphatic hydroxyl groups is 1. The molecule has 1 spiro atoms. The molecule has 1 fully saturated rings. The van der Waals surface area contributed by atoms with Gasteiger partial charge in [-0.1, -0.05) is 6.07 Å². The molecular weight excluding hydrogens is 294 g/mol. The Hall–Kier alpha value is -1.85. The minimum Gasteiger partial charge on any atom is -0.493 e. The van der Waals surface area contributed by atoms with E-state index in [1.54, 1.807) is 13.2 Å². The zero-order chi connectivity index (χ0) is 16.1. The van der Waals surface area contributed by atoms with E-state index in [0.717, 1.165) is 11.1 Å². The lowest BCUT2D eigenvalue weighted by Gasteiger charge is -2.55. The molecule has 1 saturated heterocycles. The summed E-state index contributed by atoms with van der Waals surface area (Å²) < 4.78 is 11.5. The fourth-order valence-electron chi connectivity index (χ4n) is 5.34. The Labute approximate surface area is 134 Å². The number of piperidine rings is 1. The quantitative estimate of drug-likeness (QED) is 0.848. The summed E-state index contributed by atoms with van der Waals surface area (Å²) in [6, 6.07) is 4.04. The Bertz CT molecular complexity index is 787. The highest BCUT2D eigenvalue weighted by Crippen LogP contribution is 2.68. The third-order valence-corrected chi connectivity index (χ3v) is 6.59. The van der Waals surface area contributed by atoms with Crippen molar-refractivity contribution in [3.05, 3.63) is 35.4 Å². The van der Waals surface area contributed by atoms with Crippen LogP contribution in [0.1, 0.15) is 30.5 Å². The van der Waals surface area contributed by atoms with Crippen molar-refractivity contribution in [2.24, 2.45) is 0 Å². The molecule has 0 amide bonds. The van der Waals surface area contributed by atoms with Gasteiger partial charge in [-0.3, -0.25) is 9.69 Å². The first-order valence-electron chi connectivity index (χ1n) is 8.01. The number of benzene rings is 1. The lowest BCUT2D eigenvalue weighted by atomic mass is 9.57. The van der Waals surface area contributed by atoms with Crippen molar-refractivity contribution in [1.82, 2.24) is 4.90 Å². The van der Waals surface area contributed by atoms with E-state index in [-0.39, 0.29) is 17.9 Å². The third-order valence-electron chi connectivity index (χ3n) is 6.59. The van der Waals surface area contributed by atoms with E-state index in [9.17, 15) is 9.90 Å². The Morgan fingerprint density at radius 3 is 2.96 bits per heavy atom. The number of methoxy groups -OCH3 is 1. The highest BCUT2D eigenvalue weighted by atomic mass is 16.5. The second kappa shape index (κ2) is 3.79. The number of likely N-dealkylation sites (N-methyl/N-ethyl adjacent to an activating group) is 1. The van der Waals surface area contributed by atoms with Crippen LogP contribution >= 0.6 is 0 Å². The van der Waals surface area contributed by atoms with Crippen molar-refractivity contribution in [3.8, 4) is 11.5 Å². The lowest BCUT2D eigenvalue weighted by Crippen LogP contribution is -2.70. The van der Waals surface area contributed by atoms with Crippen molar-refractivity contribution in [3.63, 3.8) is 0 Å². The van der Waals surface area contributed by atoms with E-state index in [0.29, 0.717) is 17.9 Å². The second-order valence-electron chi connectivity index (χ2n) is 7.15. The number of nitrogens with zero attached hydrogens (tertiary/aromatic N) is 1. The molecule has 2 aliphatic heterocycles. The van der Waals surface area contributed by atoms with Crippen LogP contribution in [0.3, 0.4) is 0 Å². The lowest BCUT2D eigenvalue weighted by molar-refractivity contribution is -0.150. The molecule has 4 aliphatic rings. The summed E-state index contributed by atoms with van der Waals surface area (Å²) in [6.45, 7) is 2.02. The van der Waals surface area contributed by atoms with Crippen molar-refractivity contribution < 1.29 is 19.4 Å². The summed E-state index contributed by atoms with van der Waals surface area (Å²) in [7, 11) is 3.64. The molecule has 2 unspecified atom stereocenters. The monoisotopic (exact) mass is 313 g/mol. The maximum absolute atomic E-state index is 12.6. The molecule has 2 heterocycles. The molecule has 0 aromatic heterocycles. The Morgan fingerprint density at radius 2 is 2.22 bits per heavy atom. The smallest absolute Gasteiger partial charge is 0.196 e. The van der Waals surface area contributed by atoms with Crippen LogP contribution in [0, 0.1) is 0 Å². The standard InChI is InChI=1S/C18H19NO4/c1-9-18(21)7-6-12(20)16-17(18)8-11(19(9)2)10-4-5-13(22-3)15(23-16)14(10)17/h4-7,9,11,16,21H,8H2,1-3H3/t9-,11?,16+,17+,18?/m1/s1. The Morgan fingerprint density at radius 1 is 1.43 bits per heavy atom. The molecule has 5 atom stereocenters. The van der Waals surface area contributed by atoms with Crippen LogP contribution in [0.5, 0.6) is 11.5 Å². The van der Waals surface area contributed by atoms with Gasteiger partial charge in [0.15, 0.2) is 23.4 Å². The van der Waals surface area contributed by atoms with E-state index in [1.165, 1.54) is 6.08 Å². The van der Waals surface area contributed by atoms with Crippen molar-refractivity contribution in [1.29, 1.82) is 0 Å². The number of ether oxygens (including phenoxy) is 2. The first-order valence-corrected chi connectivity index (χ1v) is 8.01. The van der Waals surface area contributed by atoms with Gasteiger partial charge in [0, 0.05) is 17.6 Å². The van der Waals surface area contributed by atoms with Gasteiger partial charge >= 0.3 is 0 Å². The van der Waals surface area contributed by atoms with Gasteiger partial charge in [-0.15, -0.1) is 0 Å². The summed E-state index contributed by atoms with van der Waals surface area (Å²) in [5.41, 5.74) is 0.300. The third kappa shape index (κ3) is 1.18. The molecule has 23 heavy (non-hydrogen) atoms. The van der Waals surface area contributed by atoms with Gasteiger partial charge in [-0.2, -0.15) is 0 Å². The van der Waals surface area contributed by atoms with Gasteiger partial charge in [0.05, 0.1) is 12.5 Å². The first kappa shape index (κ1) is 13.6. The number of ketones is 1. The zero-order valence-electron chi connectivity index (χ0n) is 13.4. The number of carbonyl (C=O) groups excluding carboxylic acids is 1. The normalized spacial score (nSPS) is 42.6. The zero-order valence-corrected chi connectivity index (χ0v) is 13.4. The SMILES string of the molecule is COc1ccc2c3c1O[C@H]1C(=O)C=CC4(O)[C@@H](C)N(C)C2C[C@]314. The van der Waals surface area contributed by atoms with Crippen molar-refractivity contribution in [2.45, 2.75) is 42.5 Å². The van der Waals surface area contributed by atoms with Crippen LogP contribution in [-0.4, -0.2) is 47.7 Å². The number of rotatable bonds is 1. The van der Waals surface area contributed by atoms with E-state index >= 15 is 0 Å². The van der Waals surface area contributed by atoms with Gasteiger partial charge in [-0.25, -0.2) is 0 Å². The summed E-state index contributed by atoms with van der Waals surface area (Å²) in [4.78, 5) is 14.8.